The molecule has 122 valence electrons. The van der Waals surface area contributed by atoms with Crippen molar-refractivity contribution in [3.63, 3.8) is 0 Å². The third kappa shape index (κ3) is 4.23. The van der Waals surface area contributed by atoms with Crippen LogP contribution in [-0.4, -0.2) is 16.0 Å². The van der Waals surface area contributed by atoms with Crippen molar-refractivity contribution in [2.75, 3.05) is 0 Å². The van der Waals surface area contributed by atoms with Crippen molar-refractivity contribution in [3.05, 3.63) is 95.1 Å². The van der Waals surface area contributed by atoms with Crippen LogP contribution in [0.1, 0.15) is 27.0 Å². The average Bonchev–Trinajstić information content (AvgIpc) is 2.64. The minimum Gasteiger partial charge on any atom is -0.508 e. The molecule has 0 fully saturated rings. The molecule has 0 heterocycles. The molecule has 0 aromatic heterocycles. The number of ketones is 1. The number of phenols is 2. The Bertz CT molecular complexity index is 741. The van der Waals surface area contributed by atoms with Crippen LogP contribution in [0.4, 0.5) is 0 Å². The molecule has 3 aromatic rings. The first-order chi connectivity index (χ1) is 11.5. The van der Waals surface area contributed by atoms with Crippen LogP contribution in [0.2, 0.25) is 0 Å². The second-order valence-corrected chi connectivity index (χ2v) is 5.44. The highest BCUT2D eigenvalue weighted by Crippen LogP contribution is 2.28. The molecule has 3 aromatic carbocycles. The Labute approximate surface area is 141 Å². The van der Waals surface area contributed by atoms with E-state index >= 15 is 0 Å². The molecule has 0 bridgehead atoms. The molecule has 0 radical (unpaired) electrons. The van der Waals surface area contributed by atoms with Gasteiger partial charge in [0.05, 0.1) is 0 Å². The van der Waals surface area contributed by atoms with E-state index in [9.17, 15) is 9.90 Å². The highest BCUT2D eigenvalue weighted by Gasteiger charge is 2.06. The van der Waals surface area contributed by atoms with Crippen LogP contribution in [0.25, 0.3) is 0 Å². The van der Waals surface area contributed by atoms with Gasteiger partial charge < -0.3 is 10.2 Å². The van der Waals surface area contributed by atoms with Gasteiger partial charge >= 0.3 is 0 Å². The van der Waals surface area contributed by atoms with Crippen molar-refractivity contribution in [2.24, 2.45) is 0 Å². The lowest BCUT2D eigenvalue weighted by atomic mass is 10.0. The van der Waals surface area contributed by atoms with Crippen LogP contribution in [-0.2, 0) is 0 Å². The van der Waals surface area contributed by atoms with Crippen molar-refractivity contribution in [1.29, 1.82) is 0 Å². The summed E-state index contributed by atoms with van der Waals surface area (Å²) in [5.74, 6) is 0.398. The highest BCUT2D eigenvalue weighted by atomic mass is 16.3. The Kier molecular flexibility index (Phi) is 5.74. The van der Waals surface area contributed by atoms with Crippen LogP contribution in [0.3, 0.4) is 0 Å². The average molecular weight is 320 g/mol. The number of carbonyl (C=O) groups is 1. The molecule has 0 unspecified atom stereocenters. The van der Waals surface area contributed by atoms with E-state index in [4.69, 9.17) is 5.11 Å². The van der Waals surface area contributed by atoms with Crippen molar-refractivity contribution < 1.29 is 15.0 Å². The SMILES string of the molecule is Cc1ccc(O)c(C)c1O.O=C(c1ccccc1)c1ccccc1. The zero-order valence-corrected chi connectivity index (χ0v) is 13.7. The summed E-state index contributed by atoms with van der Waals surface area (Å²) in [7, 11) is 0. The van der Waals surface area contributed by atoms with Gasteiger partial charge in [-0.3, -0.25) is 4.79 Å². The first-order valence-electron chi connectivity index (χ1n) is 7.63. The van der Waals surface area contributed by atoms with E-state index in [1.807, 2.05) is 60.7 Å². The first kappa shape index (κ1) is 17.3. The van der Waals surface area contributed by atoms with E-state index < -0.39 is 0 Å². The zero-order valence-electron chi connectivity index (χ0n) is 13.7. The molecule has 0 spiro atoms. The summed E-state index contributed by atoms with van der Waals surface area (Å²) in [5, 5.41) is 18.3. The van der Waals surface area contributed by atoms with Gasteiger partial charge in [0.25, 0.3) is 0 Å². The maximum atomic E-state index is 11.8. The molecular weight excluding hydrogens is 300 g/mol. The predicted molar refractivity (Wildman–Crippen MR) is 95.6 cm³/mol. The van der Waals surface area contributed by atoms with Crippen LogP contribution >= 0.6 is 0 Å². The van der Waals surface area contributed by atoms with Gasteiger partial charge in [-0.25, -0.2) is 0 Å². The van der Waals surface area contributed by atoms with Gasteiger partial charge in [0.1, 0.15) is 11.5 Å². The van der Waals surface area contributed by atoms with Gasteiger partial charge in [-0.2, -0.15) is 0 Å². The number of hydrogen-bond acceptors (Lipinski definition) is 3. The maximum absolute atomic E-state index is 11.8. The molecule has 0 atom stereocenters. The lowest BCUT2D eigenvalue weighted by molar-refractivity contribution is 0.103. The predicted octanol–water partition coefficient (Wildman–Crippen LogP) is 4.63. The van der Waals surface area contributed by atoms with Gasteiger partial charge in [-0.15, -0.1) is 0 Å². The summed E-state index contributed by atoms with van der Waals surface area (Å²) in [6.45, 7) is 3.47. The van der Waals surface area contributed by atoms with Gasteiger partial charge in [-0.05, 0) is 25.5 Å². The molecule has 3 heteroatoms. The molecule has 24 heavy (non-hydrogen) atoms. The minimum absolute atomic E-state index is 0.0752. The fourth-order valence-corrected chi connectivity index (χ4v) is 2.17. The second-order valence-electron chi connectivity index (χ2n) is 5.44. The lowest BCUT2D eigenvalue weighted by Gasteiger charge is -2.03. The monoisotopic (exact) mass is 320 g/mol. The smallest absolute Gasteiger partial charge is 0.193 e. The third-order valence-corrected chi connectivity index (χ3v) is 3.68. The first-order valence-corrected chi connectivity index (χ1v) is 7.63. The Hall–Kier alpha value is -3.07. The Morgan fingerprint density at radius 3 is 1.58 bits per heavy atom. The number of aromatic hydroxyl groups is 2. The van der Waals surface area contributed by atoms with E-state index in [-0.39, 0.29) is 17.3 Å². The topological polar surface area (TPSA) is 57.5 Å². The van der Waals surface area contributed by atoms with Crippen molar-refractivity contribution in [1.82, 2.24) is 0 Å². The number of carbonyl (C=O) groups excluding carboxylic acids is 1. The molecule has 0 aliphatic heterocycles. The van der Waals surface area contributed by atoms with Crippen LogP contribution in [0.15, 0.2) is 72.8 Å². The van der Waals surface area contributed by atoms with Gasteiger partial charge in [-0.1, -0.05) is 66.7 Å². The number of benzene rings is 3. The second kappa shape index (κ2) is 7.97. The summed E-state index contributed by atoms with van der Waals surface area (Å²) in [4.78, 5) is 11.8. The number of rotatable bonds is 2. The number of aryl methyl sites for hydroxylation is 1. The van der Waals surface area contributed by atoms with E-state index in [1.54, 1.807) is 26.0 Å². The van der Waals surface area contributed by atoms with Gasteiger partial charge in [0.15, 0.2) is 5.78 Å². The number of hydrogen-bond donors (Lipinski definition) is 2. The number of phenolic OH excluding ortho intramolecular Hbond substituents is 2. The fourth-order valence-electron chi connectivity index (χ4n) is 2.17. The minimum atomic E-state index is 0.0752. The van der Waals surface area contributed by atoms with Gasteiger partial charge in [0.2, 0.25) is 0 Å². The normalized spacial score (nSPS) is 9.75. The fraction of sp³-hybridized carbons (Fsp3) is 0.0952. The maximum Gasteiger partial charge on any atom is 0.193 e. The standard InChI is InChI=1S/C13H10O.C8H10O2/c14-13(11-7-3-1-4-8-11)12-9-5-2-6-10-12;1-5-3-4-7(9)6(2)8(5)10/h1-10H;3-4,9-10H,1-2H3. The van der Waals surface area contributed by atoms with E-state index in [0.717, 1.165) is 16.7 Å². The summed E-state index contributed by atoms with van der Waals surface area (Å²) >= 11 is 0. The van der Waals surface area contributed by atoms with Gasteiger partial charge in [0, 0.05) is 16.7 Å². The molecule has 3 rings (SSSR count). The van der Waals surface area contributed by atoms with Crippen molar-refractivity contribution in [3.8, 4) is 11.5 Å². The summed E-state index contributed by atoms with van der Waals surface area (Å²) in [5.41, 5.74) is 2.80. The lowest BCUT2D eigenvalue weighted by Crippen LogP contribution is -1.99. The molecule has 2 N–H and O–H groups in total. The molecule has 0 aliphatic carbocycles. The zero-order chi connectivity index (χ0) is 17.5. The molecule has 0 saturated heterocycles. The molecular formula is C21H20O3. The Morgan fingerprint density at radius 1 is 0.708 bits per heavy atom. The Morgan fingerprint density at radius 2 is 1.17 bits per heavy atom. The molecule has 0 aliphatic rings. The summed E-state index contributed by atoms with van der Waals surface area (Å²) < 4.78 is 0. The third-order valence-electron chi connectivity index (χ3n) is 3.68. The quantitative estimate of drug-likeness (QED) is 0.677. The van der Waals surface area contributed by atoms with Crippen molar-refractivity contribution in [2.45, 2.75) is 13.8 Å². The van der Waals surface area contributed by atoms with E-state index in [2.05, 4.69) is 0 Å². The van der Waals surface area contributed by atoms with E-state index in [0.29, 0.717) is 5.56 Å². The molecule has 0 amide bonds. The summed E-state index contributed by atoms with van der Waals surface area (Å²) in [6.07, 6.45) is 0. The molecule has 0 saturated carbocycles. The Balaban J connectivity index is 0.000000185. The van der Waals surface area contributed by atoms with Crippen LogP contribution in [0, 0.1) is 13.8 Å². The summed E-state index contributed by atoms with van der Waals surface area (Å²) in [6, 6.07) is 21.9. The van der Waals surface area contributed by atoms with Crippen molar-refractivity contribution >= 4 is 5.78 Å². The van der Waals surface area contributed by atoms with E-state index in [1.165, 1.54) is 0 Å². The molecule has 3 nitrogen and oxygen atoms in total. The van der Waals surface area contributed by atoms with Crippen LogP contribution in [0.5, 0.6) is 11.5 Å². The van der Waals surface area contributed by atoms with Crippen LogP contribution < -0.4 is 0 Å². The highest BCUT2D eigenvalue weighted by molar-refractivity contribution is 6.08. The largest absolute Gasteiger partial charge is 0.508 e.